The van der Waals surface area contributed by atoms with Gasteiger partial charge in [-0.2, -0.15) is 0 Å². The molecule has 0 atom stereocenters. The Labute approximate surface area is 138 Å². The molecule has 2 aromatic carbocycles. The van der Waals surface area contributed by atoms with Gasteiger partial charge in [0.1, 0.15) is 5.76 Å². The highest BCUT2D eigenvalue weighted by Crippen LogP contribution is 2.38. The van der Waals surface area contributed by atoms with Gasteiger partial charge in [-0.25, -0.2) is 4.99 Å². The van der Waals surface area contributed by atoms with Crippen LogP contribution in [-0.4, -0.2) is 5.90 Å². The third-order valence-corrected chi connectivity index (χ3v) is 4.31. The van der Waals surface area contributed by atoms with Crippen molar-refractivity contribution in [1.29, 1.82) is 0 Å². The number of nitrogens with zero attached hydrogens (tertiary/aromatic N) is 1. The van der Waals surface area contributed by atoms with Crippen molar-refractivity contribution in [3.63, 3.8) is 0 Å². The molecule has 0 aromatic heterocycles. The van der Waals surface area contributed by atoms with Gasteiger partial charge >= 0.3 is 0 Å². The second kappa shape index (κ2) is 5.69. The van der Waals surface area contributed by atoms with Gasteiger partial charge in [0.05, 0.1) is 11.1 Å². The Morgan fingerprint density at radius 3 is 2.09 bits per heavy atom. The third-order valence-electron chi connectivity index (χ3n) is 4.31. The molecule has 0 bridgehead atoms. The Morgan fingerprint density at radius 1 is 0.826 bits per heavy atom. The fourth-order valence-electron chi connectivity index (χ4n) is 2.89. The highest BCUT2D eigenvalue weighted by atomic mass is 16.5. The van der Waals surface area contributed by atoms with Crippen molar-refractivity contribution in [3.8, 4) is 0 Å². The Bertz CT molecular complexity index is 792. The largest absolute Gasteiger partial charge is 0.442 e. The Hall–Kier alpha value is -2.35. The van der Waals surface area contributed by atoms with Crippen molar-refractivity contribution in [2.24, 2.45) is 10.4 Å². The summed E-state index contributed by atoms with van der Waals surface area (Å²) in [5.74, 6) is 1.66. The first kappa shape index (κ1) is 15.5. The van der Waals surface area contributed by atoms with Crippen LogP contribution >= 0.6 is 0 Å². The summed E-state index contributed by atoms with van der Waals surface area (Å²) in [7, 11) is 0. The average Bonchev–Trinajstić information content (AvgIpc) is 2.78. The maximum absolute atomic E-state index is 6.17. The molecule has 1 aliphatic heterocycles. The molecule has 0 saturated carbocycles. The van der Waals surface area contributed by atoms with E-state index in [1.807, 2.05) is 12.1 Å². The van der Waals surface area contributed by atoms with Gasteiger partial charge in [0.2, 0.25) is 5.90 Å². The number of para-hydroxylation sites is 1. The summed E-state index contributed by atoms with van der Waals surface area (Å²) >= 11 is 0. The van der Waals surface area contributed by atoms with Crippen LogP contribution in [0.5, 0.6) is 0 Å². The fourth-order valence-corrected chi connectivity index (χ4v) is 2.89. The first-order valence-electron chi connectivity index (χ1n) is 8.00. The van der Waals surface area contributed by atoms with Crippen LogP contribution in [0.15, 0.2) is 53.5 Å². The Morgan fingerprint density at radius 2 is 1.43 bits per heavy atom. The summed E-state index contributed by atoms with van der Waals surface area (Å²) in [5, 5.41) is 0. The molecule has 3 rings (SSSR count). The van der Waals surface area contributed by atoms with Gasteiger partial charge in [-0.15, -0.1) is 0 Å². The Kier molecular flexibility index (Phi) is 3.85. The third kappa shape index (κ3) is 2.94. The SMILES string of the molecule is Cc1ccccc1C1=CC(C)(C)C(=Nc2c(C)cccc2C)O1. The average molecular weight is 305 g/mol. The monoisotopic (exact) mass is 305 g/mol. The van der Waals surface area contributed by atoms with Gasteiger partial charge in [-0.05, 0) is 57.4 Å². The normalized spacial score (nSPS) is 18.0. The number of aliphatic imine (C=N–C) groups is 1. The van der Waals surface area contributed by atoms with Gasteiger partial charge < -0.3 is 4.74 Å². The van der Waals surface area contributed by atoms with Crippen molar-refractivity contribution >= 4 is 17.3 Å². The minimum absolute atomic E-state index is 0.216. The lowest BCUT2D eigenvalue weighted by atomic mass is 9.93. The molecule has 118 valence electrons. The maximum atomic E-state index is 6.17. The molecule has 0 radical (unpaired) electrons. The van der Waals surface area contributed by atoms with Gasteiger partial charge in [0.15, 0.2) is 0 Å². The van der Waals surface area contributed by atoms with Crippen LogP contribution < -0.4 is 0 Å². The van der Waals surface area contributed by atoms with Gasteiger partial charge in [-0.1, -0.05) is 42.5 Å². The molecule has 0 N–H and O–H groups in total. The topological polar surface area (TPSA) is 21.6 Å². The van der Waals surface area contributed by atoms with Crippen LogP contribution in [0.4, 0.5) is 5.69 Å². The summed E-state index contributed by atoms with van der Waals surface area (Å²) < 4.78 is 6.17. The predicted molar refractivity (Wildman–Crippen MR) is 97.0 cm³/mol. The molecule has 2 aromatic rings. The highest BCUT2D eigenvalue weighted by molar-refractivity contribution is 5.96. The first-order valence-corrected chi connectivity index (χ1v) is 8.00. The van der Waals surface area contributed by atoms with Gasteiger partial charge in [0.25, 0.3) is 0 Å². The molecule has 0 saturated heterocycles. The van der Waals surface area contributed by atoms with Crippen LogP contribution in [0.3, 0.4) is 0 Å². The Balaban J connectivity index is 2.02. The van der Waals surface area contributed by atoms with E-state index in [-0.39, 0.29) is 5.41 Å². The number of aryl methyl sites for hydroxylation is 3. The fraction of sp³-hybridized carbons (Fsp3) is 0.286. The first-order chi connectivity index (χ1) is 10.9. The number of hydrogen-bond acceptors (Lipinski definition) is 2. The van der Waals surface area contributed by atoms with E-state index < -0.39 is 0 Å². The van der Waals surface area contributed by atoms with E-state index in [0.29, 0.717) is 0 Å². The smallest absolute Gasteiger partial charge is 0.204 e. The second-order valence-corrected chi connectivity index (χ2v) is 6.80. The number of benzene rings is 2. The molecule has 0 amide bonds. The van der Waals surface area contributed by atoms with E-state index in [1.165, 1.54) is 16.7 Å². The molecule has 2 nitrogen and oxygen atoms in total. The zero-order valence-electron chi connectivity index (χ0n) is 14.5. The second-order valence-electron chi connectivity index (χ2n) is 6.80. The van der Waals surface area contributed by atoms with E-state index in [9.17, 15) is 0 Å². The van der Waals surface area contributed by atoms with Crippen molar-refractivity contribution in [3.05, 3.63) is 70.8 Å². The van der Waals surface area contributed by atoms with E-state index in [0.717, 1.165) is 22.9 Å². The molecule has 0 fully saturated rings. The lowest BCUT2D eigenvalue weighted by molar-refractivity contribution is 0.473. The van der Waals surface area contributed by atoms with E-state index in [2.05, 4.69) is 71.0 Å². The molecule has 1 aliphatic rings. The van der Waals surface area contributed by atoms with Gasteiger partial charge in [0, 0.05) is 5.56 Å². The molecule has 0 unspecified atom stereocenters. The lowest BCUT2D eigenvalue weighted by Gasteiger charge is -2.16. The quantitative estimate of drug-likeness (QED) is 0.693. The maximum Gasteiger partial charge on any atom is 0.204 e. The summed E-state index contributed by atoms with van der Waals surface area (Å²) in [5.41, 5.74) is 5.47. The molecule has 2 heteroatoms. The number of ether oxygens (including phenoxy) is 1. The van der Waals surface area contributed by atoms with Crippen LogP contribution in [0.2, 0.25) is 0 Å². The van der Waals surface area contributed by atoms with Crippen LogP contribution in [0, 0.1) is 26.2 Å². The summed E-state index contributed by atoms with van der Waals surface area (Å²) in [6.07, 6.45) is 2.17. The number of rotatable bonds is 2. The van der Waals surface area contributed by atoms with Crippen molar-refractivity contribution < 1.29 is 4.74 Å². The van der Waals surface area contributed by atoms with Crippen LogP contribution in [0.1, 0.15) is 36.1 Å². The predicted octanol–water partition coefficient (Wildman–Crippen LogP) is 5.74. The van der Waals surface area contributed by atoms with Crippen LogP contribution in [0.25, 0.3) is 5.76 Å². The number of hydrogen-bond donors (Lipinski definition) is 0. The standard InChI is InChI=1S/C21H23NO/c1-14-9-6-7-12-17(14)18-13-21(4,5)20(23-18)22-19-15(2)10-8-11-16(19)3/h6-13H,1-5H3. The molecule has 0 aliphatic carbocycles. The molecular formula is C21H23NO. The molecular weight excluding hydrogens is 282 g/mol. The molecule has 0 spiro atoms. The van der Waals surface area contributed by atoms with E-state index in [1.54, 1.807) is 0 Å². The zero-order valence-corrected chi connectivity index (χ0v) is 14.5. The molecule has 23 heavy (non-hydrogen) atoms. The van der Waals surface area contributed by atoms with E-state index >= 15 is 0 Å². The minimum Gasteiger partial charge on any atom is -0.442 e. The summed E-state index contributed by atoms with van der Waals surface area (Å²) in [4.78, 5) is 4.86. The summed E-state index contributed by atoms with van der Waals surface area (Å²) in [6.45, 7) is 10.6. The zero-order chi connectivity index (χ0) is 16.6. The van der Waals surface area contributed by atoms with Crippen molar-refractivity contribution in [1.82, 2.24) is 0 Å². The lowest BCUT2D eigenvalue weighted by Crippen LogP contribution is -2.18. The highest BCUT2D eigenvalue weighted by Gasteiger charge is 2.34. The molecule has 1 heterocycles. The van der Waals surface area contributed by atoms with Gasteiger partial charge in [-0.3, -0.25) is 0 Å². The summed E-state index contributed by atoms with van der Waals surface area (Å²) in [6, 6.07) is 14.5. The van der Waals surface area contributed by atoms with Crippen LogP contribution in [-0.2, 0) is 4.74 Å². The van der Waals surface area contributed by atoms with Crippen molar-refractivity contribution in [2.45, 2.75) is 34.6 Å². The van der Waals surface area contributed by atoms with E-state index in [4.69, 9.17) is 9.73 Å². The van der Waals surface area contributed by atoms with Crippen molar-refractivity contribution in [2.75, 3.05) is 0 Å². The minimum atomic E-state index is -0.216.